The van der Waals surface area contributed by atoms with E-state index in [9.17, 15) is 14.0 Å². The Hall–Kier alpha value is -3.87. The summed E-state index contributed by atoms with van der Waals surface area (Å²) in [4.78, 5) is 33.6. The Morgan fingerprint density at radius 1 is 1.07 bits per heavy atom. The number of nitrogens with one attached hydrogen (secondary N) is 2. The molecular weight excluding hydrogens is 589 g/mol. The minimum atomic E-state index is -0.490. The van der Waals surface area contributed by atoms with Crippen LogP contribution in [0.15, 0.2) is 42.6 Å². The van der Waals surface area contributed by atoms with Crippen LogP contribution >= 0.6 is 11.6 Å². The molecule has 1 aromatic carbocycles. The highest BCUT2D eigenvalue weighted by Crippen LogP contribution is 2.73. The molecule has 44 heavy (non-hydrogen) atoms. The highest BCUT2D eigenvalue weighted by molar-refractivity contribution is 6.30. The van der Waals surface area contributed by atoms with Crippen molar-refractivity contribution in [1.82, 2.24) is 25.0 Å². The summed E-state index contributed by atoms with van der Waals surface area (Å²) in [5.74, 6) is -0.163. The zero-order valence-electron chi connectivity index (χ0n) is 24.7. The number of ether oxygens (including phenoxy) is 2. The van der Waals surface area contributed by atoms with E-state index in [2.05, 4.69) is 42.7 Å². The average Bonchev–Trinajstić information content (AvgIpc) is 2.97. The Morgan fingerprint density at radius 3 is 2.59 bits per heavy atom. The standard InChI is InChI=1S/C31H35ClFN7O4/c1-39-9-11-40(12-10-39)8-6-27(41)36-26-14-21(5-7-34-26)35-25-15-24(22-13-20(32)3-4-23(22)33)37-38-28(25)44-19-30-16-31(17-30,18-30)29(42)43-2/h3-5,7,13-15H,6,8-12,16-19H2,1-2H3,(H2,34,35,36,37,41). The maximum atomic E-state index is 14.7. The molecule has 3 aromatic rings. The van der Waals surface area contributed by atoms with Gasteiger partial charge >= 0.3 is 5.97 Å². The predicted octanol–water partition coefficient (Wildman–Crippen LogP) is 4.37. The topological polar surface area (TPSA) is 122 Å². The number of anilines is 3. The minimum absolute atomic E-state index is 0.108. The number of methoxy groups -OCH3 is 1. The van der Waals surface area contributed by atoms with Gasteiger partial charge < -0.3 is 29.9 Å². The number of aromatic nitrogens is 3. The number of benzene rings is 1. The first-order chi connectivity index (χ1) is 21.2. The molecule has 3 saturated carbocycles. The van der Waals surface area contributed by atoms with Crippen LogP contribution < -0.4 is 15.4 Å². The molecule has 3 heterocycles. The summed E-state index contributed by atoms with van der Waals surface area (Å²) in [6.07, 6.45) is 4.06. The zero-order chi connectivity index (χ0) is 30.9. The first-order valence-electron chi connectivity index (χ1n) is 14.6. The summed E-state index contributed by atoms with van der Waals surface area (Å²) in [6.45, 7) is 4.91. The number of hydrogen-bond donors (Lipinski definition) is 2. The van der Waals surface area contributed by atoms with Gasteiger partial charge in [-0.05, 0) is 56.6 Å². The van der Waals surface area contributed by atoms with Gasteiger partial charge in [-0.25, -0.2) is 9.37 Å². The molecule has 0 radical (unpaired) electrons. The van der Waals surface area contributed by atoms with Crippen molar-refractivity contribution in [1.29, 1.82) is 0 Å². The van der Waals surface area contributed by atoms with Crippen LogP contribution in [0.4, 0.5) is 21.6 Å². The fourth-order valence-electron chi connectivity index (χ4n) is 6.48. The summed E-state index contributed by atoms with van der Waals surface area (Å²) in [5.41, 5.74) is 1.02. The predicted molar refractivity (Wildman–Crippen MR) is 163 cm³/mol. The van der Waals surface area contributed by atoms with Gasteiger partial charge in [0, 0.05) is 73.1 Å². The van der Waals surface area contributed by atoms with Gasteiger partial charge in [0.25, 0.3) is 5.88 Å². The molecule has 2 aromatic heterocycles. The van der Waals surface area contributed by atoms with E-state index in [0.717, 1.165) is 26.2 Å². The number of likely N-dealkylation sites (N-methyl/N-ethyl adjacent to an activating group) is 1. The molecule has 4 aliphatic rings. The number of piperazine rings is 1. The Labute approximate surface area is 260 Å². The number of carbonyl (C=O) groups excluding carboxylic acids is 2. The molecule has 4 fully saturated rings. The van der Waals surface area contributed by atoms with E-state index < -0.39 is 5.82 Å². The maximum absolute atomic E-state index is 14.7. The van der Waals surface area contributed by atoms with Crippen molar-refractivity contribution in [2.75, 3.05) is 64.1 Å². The number of pyridine rings is 1. The lowest BCUT2D eigenvalue weighted by molar-refractivity contribution is -0.233. The molecule has 1 amide bonds. The number of hydrogen-bond acceptors (Lipinski definition) is 10. The summed E-state index contributed by atoms with van der Waals surface area (Å²) >= 11 is 6.14. The van der Waals surface area contributed by atoms with Crippen LogP contribution in [0.3, 0.4) is 0 Å². The van der Waals surface area contributed by atoms with Crippen molar-refractivity contribution in [3.63, 3.8) is 0 Å². The van der Waals surface area contributed by atoms with E-state index in [0.29, 0.717) is 61.1 Å². The minimum Gasteiger partial charge on any atom is -0.475 e. The maximum Gasteiger partial charge on any atom is 0.311 e. The number of rotatable bonds is 11. The fourth-order valence-corrected chi connectivity index (χ4v) is 6.65. The van der Waals surface area contributed by atoms with Gasteiger partial charge in [0.15, 0.2) is 0 Å². The summed E-state index contributed by atoms with van der Waals surface area (Å²) in [5, 5.41) is 15.0. The van der Waals surface area contributed by atoms with Crippen molar-refractivity contribution in [2.45, 2.75) is 25.7 Å². The molecule has 232 valence electrons. The summed E-state index contributed by atoms with van der Waals surface area (Å²) in [7, 11) is 3.51. The average molecular weight is 624 g/mol. The first kappa shape index (κ1) is 30.2. The SMILES string of the molecule is COC(=O)C12CC(COc3nnc(-c4cc(Cl)ccc4F)cc3Nc3ccnc(NC(=O)CCN4CCN(C)CC4)c3)(C1)C2. The van der Waals surface area contributed by atoms with E-state index >= 15 is 0 Å². The number of amides is 1. The Kier molecular flexibility index (Phi) is 8.40. The third-order valence-electron chi connectivity index (χ3n) is 8.80. The molecule has 0 unspecified atom stereocenters. The molecule has 2 N–H and O–H groups in total. The lowest BCUT2D eigenvalue weighted by Crippen LogP contribution is -2.67. The number of carbonyl (C=O) groups is 2. The molecule has 0 atom stereocenters. The van der Waals surface area contributed by atoms with Crippen molar-refractivity contribution in [2.24, 2.45) is 10.8 Å². The molecule has 2 bridgehead atoms. The van der Waals surface area contributed by atoms with Gasteiger partial charge in [-0.3, -0.25) is 9.59 Å². The van der Waals surface area contributed by atoms with Gasteiger partial charge in [0.05, 0.1) is 24.8 Å². The molecule has 1 aliphatic heterocycles. The quantitative estimate of drug-likeness (QED) is 0.298. The van der Waals surface area contributed by atoms with Crippen molar-refractivity contribution < 1.29 is 23.5 Å². The highest BCUT2D eigenvalue weighted by atomic mass is 35.5. The van der Waals surface area contributed by atoms with Gasteiger partial charge in [0.1, 0.15) is 17.3 Å². The second kappa shape index (κ2) is 12.3. The fraction of sp³-hybridized carbons (Fsp3) is 0.452. The lowest BCUT2D eigenvalue weighted by Gasteiger charge is -2.67. The van der Waals surface area contributed by atoms with Crippen LogP contribution in [0, 0.1) is 16.6 Å². The first-order valence-corrected chi connectivity index (χ1v) is 15.0. The van der Waals surface area contributed by atoms with Gasteiger partial charge in [-0.15, -0.1) is 10.2 Å². The van der Waals surface area contributed by atoms with Gasteiger partial charge in [0.2, 0.25) is 5.91 Å². The van der Waals surface area contributed by atoms with Crippen LogP contribution in [0.25, 0.3) is 11.3 Å². The molecule has 7 rings (SSSR count). The van der Waals surface area contributed by atoms with Gasteiger partial charge in [-0.2, -0.15) is 0 Å². The summed E-state index contributed by atoms with van der Waals surface area (Å²) < 4.78 is 25.8. The molecule has 11 nitrogen and oxygen atoms in total. The molecule has 3 aliphatic carbocycles. The number of nitrogens with zero attached hydrogens (tertiary/aromatic N) is 5. The van der Waals surface area contributed by atoms with Crippen molar-refractivity contribution in [3.8, 4) is 17.1 Å². The monoisotopic (exact) mass is 623 g/mol. The van der Waals surface area contributed by atoms with E-state index in [1.165, 1.54) is 25.3 Å². The number of esters is 1. The molecule has 1 saturated heterocycles. The summed E-state index contributed by atoms with van der Waals surface area (Å²) in [6, 6.07) is 9.32. The Balaban J connectivity index is 1.16. The Bertz CT molecular complexity index is 1550. The van der Waals surface area contributed by atoms with E-state index in [1.807, 2.05) is 0 Å². The Morgan fingerprint density at radius 2 is 1.84 bits per heavy atom. The van der Waals surface area contributed by atoms with E-state index in [4.69, 9.17) is 21.1 Å². The number of halogens is 2. The van der Waals surface area contributed by atoms with Crippen LogP contribution in [-0.2, 0) is 14.3 Å². The second-order valence-electron chi connectivity index (χ2n) is 12.2. The highest BCUT2D eigenvalue weighted by Gasteiger charge is 2.72. The second-order valence-corrected chi connectivity index (χ2v) is 12.6. The smallest absolute Gasteiger partial charge is 0.311 e. The van der Waals surface area contributed by atoms with Crippen molar-refractivity contribution in [3.05, 3.63) is 53.4 Å². The molecule has 13 heteroatoms. The van der Waals surface area contributed by atoms with E-state index in [-0.39, 0.29) is 39.8 Å². The molecule has 0 spiro atoms. The van der Waals surface area contributed by atoms with Crippen molar-refractivity contribution >= 4 is 40.7 Å². The van der Waals surface area contributed by atoms with Gasteiger partial charge in [-0.1, -0.05) is 11.6 Å². The zero-order valence-corrected chi connectivity index (χ0v) is 25.5. The lowest BCUT2D eigenvalue weighted by atomic mass is 9.35. The van der Waals surface area contributed by atoms with Crippen LogP contribution in [0.5, 0.6) is 5.88 Å². The van der Waals surface area contributed by atoms with Crippen LogP contribution in [0.1, 0.15) is 25.7 Å². The van der Waals surface area contributed by atoms with Crippen LogP contribution in [0.2, 0.25) is 5.02 Å². The third kappa shape index (κ3) is 6.33. The van der Waals surface area contributed by atoms with Crippen LogP contribution in [-0.4, -0.2) is 90.3 Å². The van der Waals surface area contributed by atoms with E-state index in [1.54, 1.807) is 24.4 Å². The molecular formula is C31H35ClFN7O4. The normalized spacial score (nSPS) is 22.8. The largest absolute Gasteiger partial charge is 0.475 e. The third-order valence-corrected chi connectivity index (χ3v) is 9.03.